The summed E-state index contributed by atoms with van der Waals surface area (Å²) in [4.78, 5) is 4.41. The van der Waals surface area contributed by atoms with Gasteiger partial charge in [-0.05, 0) is 17.7 Å². The third kappa shape index (κ3) is 4.90. The predicted molar refractivity (Wildman–Crippen MR) is 88.4 cm³/mol. The van der Waals surface area contributed by atoms with Crippen molar-refractivity contribution in [1.29, 1.82) is 0 Å². The van der Waals surface area contributed by atoms with Gasteiger partial charge >= 0.3 is 0 Å². The van der Waals surface area contributed by atoms with Crippen LogP contribution in [0, 0.1) is 0 Å². The molecule has 0 aliphatic heterocycles. The van der Waals surface area contributed by atoms with Gasteiger partial charge in [0.25, 0.3) is 0 Å². The third-order valence-electron chi connectivity index (χ3n) is 3.12. The van der Waals surface area contributed by atoms with Crippen LogP contribution in [0.2, 0.25) is 0 Å². The molecule has 0 saturated heterocycles. The van der Waals surface area contributed by atoms with Crippen LogP contribution >= 0.6 is 0 Å². The van der Waals surface area contributed by atoms with Gasteiger partial charge in [0.15, 0.2) is 0 Å². The summed E-state index contributed by atoms with van der Waals surface area (Å²) in [6.45, 7) is 1.26. The van der Waals surface area contributed by atoms with Crippen LogP contribution in [0.5, 0.6) is 11.5 Å². The summed E-state index contributed by atoms with van der Waals surface area (Å²) >= 11 is 0. The molecule has 0 bridgehead atoms. The fourth-order valence-corrected chi connectivity index (χ4v) is 1.95. The summed E-state index contributed by atoms with van der Waals surface area (Å²) in [6, 6.07) is 15.7. The van der Waals surface area contributed by atoms with Crippen LogP contribution in [0.1, 0.15) is 12.0 Å². The zero-order chi connectivity index (χ0) is 15.6. The predicted octanol–water partition coefficient (Wildman–Crippen LogP) is 4.01. The first kappa shape index (κ1) is 16.0. The number of ether oxygens (including phenoxy) is 3. The van der Waals surface area contributed by atoms with Crippen LogP contribution in [0.15, 0.2) is 53.5 Å². The minimum atomic E-state index is 0.626. The largest absolute Gasteiger partial charge is 0.497 e. The van der Waals surface area contributed by atoms with E-state index in [2.05, 4.69) is 17.1 Å². The molecular formula is C18H21NO3. The van der Waals surface area contributed by atoms with Crippen LogP contribution in [0.3, 0.4) is 0 Å². The fraction of sp³-hybridized carbons (Fsp3) is 0.278. The summed E-state index contributed by atoms with van der Waals surface area (Å²) in [5.74, 6) is 1.45. The Bertz CT molecular complexity index is 597. The van der Waals surface area contributed by atoms with E-state index in [9.17, 15) is 0 Å². The van der Waals surface area contributed by atoms with Gasteiger partial charge in [-0.15, -0.1) is 0 Å². The second-order valence-electron chi connectivity index (χ2n) is 4.68. The van der Waals surface area contributed by atoms with Gasteiger partial charge in [-0.3, -0.25) is 4.99 Å². The lowest BCUT2D eigenvalue weighted by molar-refractivity contribution is 0.128. The molecule has 0 amide bonds. The Balaban J connectivity index is 1.78. The molecule has 2 rings (SSSR count). The molecular weight excluding hydrogens is 278 g/mol. The van der Waals surface area contributed by atoms with Crippen LogP contribution in [-0.4, -0.2) is 27.0 Å². The summed E-state index contributed by atoms with van der Waals surface area (Å²) in [5.41, 5.74) is 1.96. The van der Waals surface area contributed by atoms with E-state index in [1.54, 1.807) is 14.2 Å². The Morgan fingerprint density at radius 1 is 1.00 bits per heavy atom. The number of benzene rings is 2. The average Bonchev–Trinajstić information content (AvgIpc) is 2.59. The number of aliphatic imine (C=N–C) groups is 1. The standard InChI is InChI=1S/C18H21NO3/c1-20-16-9-10-17(18(13-16)21-2)19-11-6-12-22-14-15-7-4-3-5-8-15/h3-5,7-11,13H,6,12,14H2,1-2H3. The molecule has 22 heavy (non-hydrogen) atoms. The van der Waals surface area contributed by atoms with Crippen molar-refractivity contribution in [2.75, 3.05) is 20.8 Å². The highest BCUT2D eigenvalue weighted by molar-refractivity contribution is 5.67. The van der Waals surface area contributed by atoms with Gasteiger partial charge in [0.2, 0.25) is 0 Å². The molecule has 2 aromatic carbocycles. The first-order chi connectivity index (χ1) is 10.8. The van der Waals surface area contributed by atoms with Crippen molar-refractivity contribution in [3.05, 3.63) is 54.1 Å². The number of rotatable bonds is 8. The first-order valence-corrected chi connectivity index (χ1v) is 7.19. The zero-order valence-electron chi connectivity index (χ0n) is 13.0. The normalized spacial score (nSPS) is 10.8. The molecule has 0 atom stereocenters. The van der Waals surface area contributed by atoms with E-state index < -0.39 is 0 Å². The smallest absolute Gasteiger partial charge is 0.148 e. The summed E-state index contributed by atoms with van der Waals surface area (Å²) in [7, 11) is 3.25. The lowest BCUT2D eigenvalue weighted by Crippen LogP contribution is -1.95. The maximum absolute atomic E-state index is 5.61. The van der Waals surface area contributed by atoms with Crippen molar-refractivity contribution in [1.82, 2.24) is 0 Å². The number of methoxy groups -OCH3 is 2. The van der Waals surface area contributed by atoms with E-state index in [1.165, 1.54) is 5.56 Å². The van der Waals surface area contributed by atoms with Crippen molar-refractivity contribution in [2.45, 2.75) is 13.0 Å². The van der Waals surface area contributed by atoms with Gasteiger partial charge in [-0.1, -0.05) is 30.3 Å². The first-order valence-electron chi connectivity index (χ1n) is 7.19. The Hall–Kier alpha value is -2.33. The summed E-state index contributed by atoms with van der Waals surface area (Å²) in [6.07, 6.45) is 2.59. The SMILES string of the molecule is COc1ccc(N=CCCOCc2ccccc2)c(OC)c1. The molecule has 0 radical (unpaired) electrons. The minimum absolute atomic E-state index is 0.626. The van der Waals surface area contributed by atoms with Crippen molar-refractivity contribution in [2.24, 2.45) is 4.99 Å². The van der Waals surface area contributed by atoms with Crippen LogP contribution in [0.25, 0.3) is 0 Å². The van der Waals surface area contributed by atoms with E-state index in [0.717, 1.165) is 17.9 Å². The Kier molecular flexibility index (Phi) is 6.45. The molecule has 0 N–H and O–H groups in total. The quantitative estimate of drug-likeness (QED) is 0.546. The van der Waals surface area contributed by atoms with Crippen LogP contribution in [0.4, 0.5) is 5.69 Å². The highest BCUT2D eigenvalue weighted by Gasteiger charge is 2.02. The number of hydrogen-bond acceptors (Lipinski definition) is 4. The topological polar surface area (TPSA) is 40.0 Å². The molecule has 4 nitrogen and oxygen atoms in total. The van der Waals surface area contributed by atoms with Crippen LogP contribution in [-0.2, 0) is 11.3 Å². The van der Waals surface area contributed by atoms with Crippen molar-refractivity contribution >= 4 is 11.9 Å². The van der Waals surface area contributed by atoms with Gasteiger partial charge in [0.05, 0.1) is 27.4 Å². The van der Waals surface area contributed by atoms with Gasteiger partial charge in [0, 0.05) is 18.7 Å². The zero-order valence-corrected chi connectivity index (χ0v) is 13.0. The molecule has 0 unspecified atom stereocenters. The third-order valence-corrected chi connectivity index (χ3v) is 3.12. The molecule has 4 heteroatoms. The van der Waals surface area contributed by atoms with Gasteiger partial charge < -0.3 is 14.2 Å². The maximum Gasteiger partial charge on any atom is 0.148 e. The van der Waals surface area contributed by atoms with E-state index >= 15 is 0 Å². The van der Waals surface area contributed by atoms with E-state index in [-0.39, 0.29) is 0 Å². The van der Waals surface area contributed by atoms with Crippen LogP contribution < -0.4 is 9.47 Å². The van der Waals surface area contributed by atoms with E-state index in [1.807, 2.05) is 42.6 Å². The Labute approximate surface area is 131 Å². The molecule has 116 valence electrons. The molecule has 2 aromatic rings. The minimum Gasteiger partial charge on any atom is -0.497 e. The van der Waals surface area contributed by atoms with Crippen molar-refractivity contribution in [3.8, 4) is 11.5 Å². The molecule has 0 spiro atoms. The molecule has 0 aromatic heterocycles. The second-order valence-corrected chi connectivity index (χ2v) is 4.68. The lowest BCUT2D eigenvalue weighted by Gasteiger charge is -2.06. The Morgan fingerprint density at radius 3 is 2.55 bits per heavy atom. The second kappa shape index (κ2) is 8.85. The average molecular weight is 299 g/mol. The lowest BCUT2D eigenvalue weighted by atomic mass is 10.2. The van der Waals surface area contributed by atoms with Crippen molar-refractivity contribution < 1.29 is 14.2 Å². The molecule has 0 heterocycles. The maximum atomic E-state index is 5.61. The fourth-order valence-electron chi connectivity index (χ4n) is 1.95. The molecule has 0 saturated carbocycles. The van der Waals surface area contributed by atoms with Gasteiger partial charge in [0.1, 0.15) is 17.2 Å². The number of nitrogens with zero attached hydrogens (tertiary/aromatic N) is 1. The molecule has 0 aliphatic rings. The summed E-state index contributed by atoms with van der Waals surface area (Å²) < 4.78 is 16.1. The number of hydrogen-bond donors (Lipinski definition) is 0. The van der Waals surface area contributed by atoms with Crippen molar-refractivity contribution in [3.63, 3.8) is 0 Å². The van der Waals surface area contributed by atoms with E-state index in [0.29, 0.717) is 19.0 Å². The highest BCUT2D eigenvalue weighted by Crippen LogP contribution is 2.31. The van der Waals surface area contributed by atoms with Gasteiger partial charge in [-0.25, -0.2) is 0 Å². The van der Waals surface area contributed by atoms with E-state index in [4.69, 9.17) is 14.2 Å². The molecule has 0 aliphatic carbocycles. The Morgan fingerprint density at radius 2 is 1.82 bits per heavy atom. The highest BCUT2D eigenvalue weighted by atomic mass is 16.5. The molecule has 0 fully saturated rings. The summed E-state index contributed by atoms with van der Waals surface area (Å²) in [5, 5.41) is 0. The monoisotopic (exact) mass is 299 g/mol. The van der Waals surface area contributed by atoms with Gasteiger partial charge in [-0.2, -0.15) is 0 Å².